The van der Waals surface area contributed by atoms with E-state index in [2.05, 4.69) is 38.1 Å². The van der Waals surface area contributed by atoms with Crippen LogP contribution in [0.2, 0.25) is 0 Å². The van der Waals surface area contributed by atoms with Crippen LogP contribution in [0.4, 0.5) is 5.82 Å². The van der Waals surface area contributed by atoms with Crippen molar-refractivity contribution in [1.82, 2.24) is 20.2 Å². The van der Waals surface area contributed by atoms with E-state index in [1.165, 1.54) is 12.8 Å². The summed E-state index contributed by atoms with van der Waals surface area (Å²) in [5.41, 5.74) is 0.978. The molecule has 1 amide bonds. The Morgan fingerprint density at radius 3 is 2.78 bits per heavy atom. The number of piperazine rings is 1. The molecule has 0 radical (unpaired) electrons. The van der Waals surface area contributed by atoms with E-state index < -0.39 is 0 Å². The summed E-state index contributed by atoms with van der Waals surface area (Å²) in [5.74, 6) is 1.91. The van der Waals surface area contributed by atoms with E-state index in [0.717, 1.165) is 61.7 Å². The van der Waals surface area contributed by atoms with Crippen molar-refractivity contribution in [1.29, 1.82) is 0 Å². The molecular formula is C21H29N5O. The number of carbonyl (C=O) groups is 1. The average molecular weight is 367 g/mol. The molecule has 6 heteroatoms. The molecule has 1 aromatic carbocycles. The van der Waals surface area contributed by atoms with Crippen LogP contribution in [-0.2, 0) is 4.79 Å². The lowest BCUT2D eigenvalue weighted by molar-refractivity contribution is -0.123. The summed E-state index contributed by atoms with van der Waals surface area (Å²) in [7, 11) is 0. The molecule has 1 aromatic heterocycles. The number of nitrogens with one attached hydrogen (secondary N) is 1. The van der Waals surface area contributed by atoms with Gasteiger partial charge in [-0.15, -0.1) is 0 Å². The van der Waals surface area contributed by atoms with Crippen molar-refractivity contribution in [2.75, 3.05) is 37.6 Å². The van der Waals surface area contributed by atoms with E-state index in [1.807, 2.05) is 18.2 Å². The predicted octanol–water partition coefficient (Wildman–Crippen LogP) is 2.45. The van der Waals surface area contributed by atoms with E-state index in [-0.39, 0.29) is 5.91 Å². The van der Waals surface area contributed by atoms with Gasteiger partial charge < -0.3 is 10.2 Å². The number of anilines is 1. The Bertz CT molecular complexity index is 782. The summed E-state index contributed by atoms with van der Waals surface area (Å²) >= 11 is 0. The van der Waals surface area contributed by atoms with Crippen molar-refractivity contribution < 1.29 is 4.79 Å². The van der Waals surface area contributed by atoms with Crippen LogP contribution in [0.5, 0.6) is 0 Å². The largest absolute Gasteiger partial charge is 0.353 e. The van der Waals surface area contributed by atoms with E-state index in [4.69, 9.17) is 0 Å². The third kappa shape index (κ3) is 4.38. The molecule has 2 unspecified atom stereocenters. The summed E-state index contributed by atoms with van der Waals surface area (Å²) in [6, 6.07) is 8.50. The van der Waals surface area contributed by atoms with Crippen LogP contribution in [0.25, 0.3) is 10.9 Å². The van der Waals surface area contributed by atoms with Gasteiger partial charge in [-0.1, -0.05) is 31.9 Å². The number of carbonyl (C=O) groups excluding carboxylic acids is 1. The smallest absolute Gasteiger partial charge is 0.234 e. The molecule has 1 saturated heterocycles. The molecule has 0 spiro atoms. The van der Waals surface area contributed by atoms with Crippen LogP contribution in [0.1, 0.15) is 32.6 Å². The van der Waals surface area contributed by atoms with Gasteiger partial charge in [0, 0.05) is 37.6 Å². The van der Waals surface area contributed by atoms with Gasteiger partial charge in [0.15, 0.2) is 0 Å². The molecule has 144 valence electrons. The summed E-state index contributed by atoms with van der Waals surface area (Å²) in [5, 5.41) is 4.34. The first-order chi connectivity index (χ1) is 13.2. The topological polar surface area (TPSA) is 61.4 Å². The molecule has 4 rings (SSSR count). The normalized spacial score (nSPS) is 24.1. The maximum absolute atomic E-state index is 12.4. The minimum atomic E-state index is 0.176. The molecule has 1 saturated carbocycles. The SMILES string of the molecule is CC1CCCC(NC(=O)CN2CCN(c3ncnc4ccccc34)CC2)C1. The van der Waals surface area contributed by atoms with Crippen LogP contribution >= 0.6 is 0 Å². The maximum atomic E-state index is 12.4. The second-order valence-corrected chi connectivity index (χ2v) is 8.01. The molecule has 2 atom stereocenters. The van der Waals surface area contributed by atoms with Gasteiger partial charge in [-0.25, -0.2) is 9.97 Å². The zero-order chi connectivity index (χ0) is 18.6. The highest BCUT2D eigenvalue weighted by Gasteiger charge is 2.24. The molecule has 2 fully saturated rings. The first-order valence-electron chi connectivity index (χ1n) is 10.2. The van der Waals surface area contributed by atoms with Crippen LogP contribution in [0.3, 0.4) is 0 Å². The Kier molecular flexibility index (Phi) is 5.53. The summed E-state index contributed by atoms with van der Waals surface area (Å²) in [6.07, 6.45) is 6.43. The van der Waals surface area contributed by atoms with Gasteiger partial charge in [-0.3, -0.25) is 9.69 Å². The predicted molar refractivity (Wildman–Crippen MR) is 108 cm³/mol. The highest BCUT2D eigenvalue weighted by Crippen LogP contribution is 2.24. The van der Waals surface area contributed by atoms with Crippen LogP contribution in [-0.4, -0.2) is 59.5 Å². The fourth-order valence-corrected chi connectivity index (χ4v) is 4.40. The van der Waals surface area contributed by atoms with E-state index in [9.17, 15) is 4.79 Å². The Morgan fingerprint density at radius 2 is 1.96 bits per heavy atom. The zero-order valence-electron chi connectivity index (χ0n) is 16.1. The van der Waals surface area contributed by atoms with Crippen molar-refractivity contribution in [2.45, 2.75) is 38.6 Å². The van der Waals surface area contributed by atoms with Crippen molar-refractivity contribution >= 4 is 22.6 Å². The van der Waals surface area contributed by atoms with Crippen LogP contribution in [0, 0.1) is 5.92 Å². The van der Waals surface area contributed by atoms with Crippen LogP contribution < -0.4 is 10.2 Å². The lowest BCUT2D eigenvalue weighted by atomic mass is 9.87. The zero-order valence-corrected chi connectivity index (χ0v) is 16.1. The highest BCUT2D eigenvalue weighted by atomic mass is 16.2. The third-order valence-corrected chi connectivity index (χ3v) is 5.86. The fourth-order valence-electron chi connectivity index (χ4n) is 4.40. The number of para-hydroxylation sites is 1. The molecule has 27 heavy (non-hydrogen) atoms. The Morgan fingerprint density at radius 1 is 1.15 bits per heavy atom. The number of fused-ring (bicyclic) bond motifs is 1. The van der Waals surface area contributed by atoms with Gasteiger partial charge in [0.25, 0.3) is 0 Å². The molecule has 2 aliphatic rings. The summed E-state index contributed by atoms with van der Waals surface area (Å²) in [6.45, 7) is 6.32. The summed E-state index contributed by atoms with van der Waals surface area (Å²) < 4.78 is 0. The van der Waals surface area contributed by atoms with E-state index in [0.29, 0.717) is 12.6 Å². The second kappa shape index (κ2) is 8.21. The van der Waals surface area contributed by atoms with Gasteiger partial charge in [-0.05, 0) is 30.9 Å². The number of hydrogen-bond acceptors (Lipinski definition) is 5. The van der Waals surface area contributed by atoms with Crippen molar-refractivity contribution in [3.05, 3.63) is 30.6 Å². The molecule has 0 bridgehead atoms. The molecular weight excluding hydrogens is 338 g/mol. The standard InChI is InChI=1S/C21H29N5O/c1-16-5-4-6-17(13-16)24-20(27)14-25-9-11-26(12-10-25)21-18-7-2-3-8-19(18)22-15-23-21/h2-3,7-8,15-17H,4-6,9-14H2,1H3,(H,24,27). The molecule has 2 heterocycles. The average Bonchev–Trinajstić information content (AvgIpc) is 2.68. The van der Waals surface area contributed by atoms with E-state index in [1.54, 1.807) is 6.33 Å². The Balaban J connectivity index is 1.30. The minimum absolute atomic E-state index is 0.176. The van der Waals surface area contributed by atoms with Gasteiger partial charge >= 0.3 is 0 Å². The van der Waals surface area contributed by atoms with Crippen molar-refractivity contribution in [3.63, 3.8) is 0 Å². The number of amides is 1. The number of nitrogens with zero attached hydrogens (tertiary/aromatic N) is 4. The van der Waals surface area contributed by atoms with Crippen molar-refractivity contribution in [2.24, 2.45) is 5.92 Å². The number of benzene rings is 1. The van der Waals surface area contributed by atoms with Crippen molar-refractivity contribution in [3.8, 4) is 0 Å². The molecule has 6 nitrogen and oxygen atoms in total. The Labute approximate surface area is 161 Å². The number of aromatic nitrogens is 2. The van der Waals surface area contributed by atoms with Gasteiger partial charge in [-0.2, -0.15) is 0 Å². The molecule has 1 aliphatic heterocycles. The first kappa shape index (κ1) is 18.2. The summed E-state index contributed by atoms with van der Waals surface area (Å²) in [4.78, 5) is 25.9. The number of rotatable bonds is 4. The van der Waals surface area contributed by atoms with E-state index >= 15 is 0 Å². The Hall–Kier alpha value is -2.21. The molecule has 1 N–H and O–H groups in total. The van der Waals surface area contributed by atoms with Gasteiger partial charge in [0.2, 0.25) is 5.91 Å². The number of hydrogen-bond donors (Lipinski definition) is 1. The maximum Gasteiger partial charge on any atom is 0.234 e. The molecule has 1 aliphatic carbocycles. The quantitative estimate of drug-likeness (QED) is 0.899. The third-order valence-electron chi connectivity index (χ3n) is 5.86. The highest BCUT2D eigenvalue weighted by molar-refractivity contribution is 5.89. The fraction of sp³-hybridized carbons (Fsp3) is 0.571. The molecule has 2 aromatic rings. The van der Waals surface area contributed by atoms with Crippen LogP contribution in [0.15, 0.2) is 30.6 Å². The first-order valence-corrected chi connectivity index (χ1v) is 10.2. The monoisotopic (exact) mass is 367 g/mol. The second-order valence-electron chi connectivity index (χ2n) is 8.01. The van der Waals surface area contributed by atoms with Gasteiger partial charge in [0.05, 0.1) is 12.1 Å². The van der Waals surface area contributed by atoms with Gasteiger partial charge in [0.1, 0.15) is 12.1 Å². The lowest BCUT2D eigenvalue weighted by Gasteiger charge is -2.36. The minimum Gasteiger partial charge on any atom is -0.353 e. The lowest BCUT2D eigenvalue weighted by Crippen LogP contribution is -2.51.